The number of halogens is 1. The van der Waals surface area contributed by atoms with Crippen molar-refractivity contribution in [1.29, 1.82) is 0 Å². The largest absolute Gasteiger partial charge is 0.396 e. The molecule has 0 saturated carbocycles. The Balaban J connectivity index is 2.33. The monoisotopic (exact) mass is 225 g/mol. The molecular formula is C10H12FN3O2. The highest BCUT2D eigenvalue weighted by molar-refractivity contribution is 5.27. The number of hydrogen-bond donors (Lipinski definition) is 2. The number of aromatic nitrogens is 2. The third-order valence-corrected chi connectivity index (χ3v) is 2.68. The first-order valence-electron chi connectivity index (χ1n) is 4.95. The summed E-state index contributed by atoms with van der Waals surface area (Å²) >= 11 is 0. The van der Waals surface area contributed by atoms with E-state index in [-0.39, 0.29) is 24.4 Å². The molecule has 0 fully saturated rings. The Morgan fingerprint density at radius 1 is 1.62 bits per heavy atom. The molecule has 0 aromatic carbocycles. The smallest absolute Gasteiger partial charge is 0.350 e. The van der Waals surface area contributed by atoms with Gasteiger partial charge < -0.3 is 10.8 Å². The highest BCUT2D eigenvalue weighted by Crippen LogP contribution is 2.26. The van der Waals surface area contributed by atoms with Crippen LogP contribution in [-0.2, 0) is 0 Å². The van der Waals surface area contributed by atoms with Gasteiger partial charge in [0.2, 0.25) is 0 Å². The molecule has 1 heterocycles. The van der Waals surface area contributed by atoms with Crippen LogP contribution in [0.2, 0.25) is 0 Å². The van der Waals surface area contributed by atoms with Crippen LogP contribution in [0.1, 0.15) is 12.5 Å². The summed E-state index contributed by atoms with van der Waals surface area (Å²) in [6.45, 7) is 0.0205. The van der Waals surface area contributed by atoms with E-state index in [1.807, 2.05) is 6.08 Å². The lowest BCUT2D eigenvalue weighted by atomic mass is 10.1. The lowest BCUT2D eigenvalue weighted by Crippen LogP contribution is -2.27. The van der Waals surface area contributed by atoms with Crippen molar-refractivity contribution in [3.8, 4) is 0 Å². The van der Waals surface area contributed by atoms with Crippen molar-refractivity contribution in [3.63, 3.8) is 0 Å². The van der Waals surface area contributed by atoms with Crippen molar-refractivity contribution >= 4 is 5.82 Å². The molecule has 1 aromatic heterocycles. The van der Waals surface area contributed by atoms with E-state index in [0.717, 1.165) is 6.20 Å². The Hall–Kier alpha value is -1.69. The number of allylic oxidation sites excluding steroid dienone is 1. The van der Waals surface area contributed by atoms with E-state index in [9.17, 15) is 9.18 Å². The van der Waals surface area contributed by atoms with Gasteiger partial charge in [0.25, 0.3) is 0 Å². The summed E-state index contributed by atoms with van der Waals surface area (Å²) < 4.78 is 14.4. The second kappa shape index (κ2) is 4.05. The number of hydrogen-bond acceptors (Lipinski definition) is 4. The van der Waals surface area contributed by atoms with Gasteiger partial charge in [-0.25, -0.2) is 9.18 Å². The molecule has 0 amide bonds. The SMILES string of the molecule is Nc1nc(=O)n([C@H]2C=C[C@@H](CO)C2)cc1F. The van der Waals surface area contributed by atoms with Crippen molar-refractivity contribution in [1.82, 2.24) is 9.55 Å². The topological polar surface area (TPSA) is 81.1 Å². The molecule has 0 radical (unpaired) electrons. The van der Waals surface area contributed by atoms with Gasteiger partial charge in [0.15, 0.2) is 11.6 Å². The van der Waals surface area contributed by atoms with Crippen LogP contribution in [0.25, 0.3) is 0 Å². The van der Waals surface area contributed by atoms with Gasteiger partial charge in [-0.15, -0.1) is 0 Å². The average molecular weight is 225 g/mol. The summed E-state index contributed by atoms with van der Waals surface area (Å²) in [6, 6.07) is -0.257. The normalized spacial score (nSPS) is 23.9. The third kappa shape index (κ3) is 1.83. The first kappa shape index (κ1) is 10.8. The minimum Gasteiger partial charge on any atom is -0.396 e. The van der Waals surface area contributed by atoms with Crippen LogP contribution in [0.3, 0.4) is 0 Å². The first-order chi connectivity index (χ1) is 7.61. The number of aliphatic hydroxyl groups excluding tert-OH is 1. The zero-order valence-electron chi connectivity index (χ0n) is 8.51. The van der Waals surface area contributed by atoms with E-state index in [1.54, 1.807) is 6.08 Å². The van der Waals surface area contributed by atoms with Crippen LogP contribution in [0.5, 0.6) is 0 Å². The summed E-state index contributed by atoms with van der Waals surface area (Å²) in [5, 5.41) is 8.95. The van der Waals surface area contributed by atoms with E-state index in [2.05, 4.69) is 4.98 Å². The Morgan fingerprint density at radius 3 is 3.00 bits per heavy atom. The number of nitrogens with zero attached hydrogens (tertiary/aromatic N) is 2. The predicted molar refractivity (Wildman–Crippen MR) is 56.2 cm³/mol. The van der Waals surface area contributed by atoms with Gasteiger partial charge in [0, 0.05) is 18.7 Å². The number of nitrogens with two attached hydrogens (primary N) is 1. The lowest BCUT2D eigenvalue weighted by Gasteiger charge is -2.13. The molecular weight excluding hydrogens is 213 g/mol. The summed E-state index contributed by atoms with van der Waals surface area (Å²) in [4.78, 5) is 14.9. The fraction of sp³-hybridized carbons (Fsp3) is 0.400. The van der Waals surface area contributed by atoms with Crippen LogP contribution < -0.4 is 11.4 Å². The molecule has 2 rings (SSSR count). The number of anilines is 1. The van der Waals surface area contributed by atoms with E-state index in [0.29, 0.717) is 6.42 Å². The Morgan fingerprint density at radius 2 is 2.38 bits per heavy atom. The molecule has 5 nitrogen and oxygen atoms in total. The number of nitrogen functional groups attached to an aromatic ring is 1. The Labute approximate surface area is 91.0 Å². The second-order valence-electron chi connectivity index (χ2n) is 3.79. The van der Waals surface area contributed by atoms with Crippen molar-refractivity contribution in [2.75, 3.05) is 12.3 Å². The molecule has 0 bridgehead atoms. The van der Waals surface area contributed by atoms with Crippen LogP contribution >= 0.6 is 0 Å². The van der Waals surface area contributed by atoms with Crippen LogP contribution in [0, 0.1) is 11.7 Å². The van der Waals surface area contributed by atoms with Crippen molar-refractivity contribution < 1.29 is 9.50 Å². The zero-order valence-corrected chi connectivity index (χ0v) is 8.51. The average Bonchev–Trinajstić information content (AvgIpc) is 2.71. The van der Waals surface area contributed by atoms with Gasteiger partial charge in [0.05, 0.1) is 6.04 Å². The second-order valence-corrected chi connectivity index (χ2v) is 3.79. The van der Waals surface area contributed by atoms with E-state index in [4.69, 9.17) is 10.8 Å². The quantitative estimate of drug-likeness (QED) is 0.698. The van der Waals surface area contributed by atoms with Gasteiger partial charge in [-0.3, -0.25) is 4.57 Å². The molecule has 6 heteroatoms. The molecule has 1 aliphatic carbocycles. The standard InChI is InChI=1S/C10H12FN3O2/c11-8-4-14(10(16)13-9(8)12)7-2-1-6(3-7)5-15/h1-2,4,6-7,15H,3,5H2,(H2,12,13,16)/t6-,7+/m1/s1. The lowest BCUT2D eigenvalue weighted by molar-refractivity contribution is 0.243. The molecule has 2 atom stereocenters. The fourth-order valence-corrected chi connectivity index (χ4v) is 1.79. The predicted octanol–water partition coefficient (Wildman–Crippen LogP) is 0.0741. The molecule has 3 N–H and O–H groups in total. The van der Waals surface area contributed by atoms with Crippen LogP contribution in [0.4, 0.5) is 10.2 Å². The Kier molecular flexibility index (Phi) is 2.74. The van der Waals surface area contributed by atoms with Crippen LogP contribution in [-0.4, -0.2) is 21.3 Å². The summed E-state index contributed by atoms with van der Waals surface area (Å²) in [6.07, 6.45) is 5.20. The summed E-state index contributed by atoms with van der Waals surface area (Å²) in [7, 11) is 0. The highest BCUT2D eigenvalue weighted by atomic mass is 19.1. The number of aliphatic hydroxyl groups is 1. The van der Waals surface area contributed by atoms with Gasteiger partial charge in [-0.1, -0.05) is 12.2 Å². The molecule has 0 aliphatic heterocycles. The van der Waals surface area contributed by atoms with Crippen LogP contribution in [0.15, 0.2) is 23.1 Å². The summed E-state index contributed by atoms with van der Waals surface area (Å²) in [5.74, 6) is -1.08. The minimum absolute atomic E-state index is 0.0116. The molecule has 0 spiro atoms. The fourth-order valence-electron chi connectivity index (χ4n) is 1.79. The van der Waals surface area contributed by atoms with Gasteiger partial charge >= 0.3 is 5.69 Å². The maximum Gasteiger partial charge on any atom is 0.350 e. The van der Waals surface area contributed by atoms with Gasteiger partial charge in [-0.2, -0.15) is 4.98 Å². The molecule has 86 valence electrons. The molecule has 16 heavy (non-hydrogen) atoms. The van der Waals surface area contributed by atoms with Gasteiger partial charge in [-0.05, 0) is 6.42 Å². The van der Waals surface area contributed by atoms with Crippen molar-refractivity contribution in [2.45, 2.75) is 12.5 Å². The zero-order chi connectivity index (χ0) is 11.7. The van der Waals surface area contributed by atoms with E-state index in [1.165, 1.54) is 4.57 Å². The van der Waals surface area contributed by atoms with Crippen molar-refractivity contribution in [2.24, 2.45) is 5.92 Å². The van der Waals surface area contributed by atoms with Gasteiger partial charge in [0.1, 0.15) is 0 Å². The van der Waals surface area contributed by atoms with E-state index >= 15 is 0 Å². The molecule has 0 saturated heterocycles. The molecule has 1 aliphatic rings. The molecule has 0 unspecified atom stereocenters. The van der Waals surface area contributed by atoms with E-state index < -0.39 is 11.5 Å². The highest BCUT2D eigenvalue weighted by Gasteiger charge is 2.21. The summed E-state index contributed by atoms with van der Waals surface area (Å²) in [5.41, 5.74) is 4.61. The maximum atomic E-state index is 13.2. The first-order valence-corrected chi connectivity index (χ1v) is 4.95. The minimum atomic E-state index is -0.708. The molecule has 1 aromatic rings. The Bertz CT molecular complexity index is 483. The third-order valence-electron chi connectivity index (χ3n) is 2.68. The van der Waals surface area contributed by atoms with Crippen molar-refractivity contribution in [3.05, 3.63) is 34.7 Å². The maximum absolute atomic E-state index is 13.2. The number of rotatable bonds is 2.